The van der Waals surface area contributed by atoms with E-state index in [9.17, 15) is 18.5 Å². The van der Waals surface area contributed by atoms with Gasteiger partial charge in [0.1, 0.15) is 0 Å². The van der Waals surface area contributed by atoms with Crippen LogP contribution in [0.15, 0.2) is 47.4 Å². The molecule has 124 valence electrons. The molecule has 0 unspecified atom stereocenters. The highest BCUT2D eigenvalue weighted by Gasteiger charge is 2.16. The number of hydrogen-bond donors (Lipinski definition) is 1. The van der Waals surface area contributed by atoms with Gasteiger partial charge in [0.15, 0.2) is 0 Å². The molecule has 0 amide bonds. The standard InChI is InChI=1S/C14H14N2O4S.C2H6/c1-10-3-4-12(9-11(10)2)15-21(19,20)14-7-5-13(6-8-14)16(17)18;1-2/h3-9,15H,1-2H3;1-2H3. The van der Waals surface area contributed by atoms with Crippen LogP contribution in [0.3, 0.4) is 0 Å². The first-order valence-corrected chi connectivity index (χ1v) is 8.62. The predicted octanol–water partition coefficient (Wildman–Crippen LogP) is 4.04. The van der Waals surface area contributed by atoms with Gasteiger partial charge in [-0.2, -0.15) is 0 Å². The molecule has 0 aliphatic heterocycles. The molecule has 6 nitrogen and oxygen atoms in total. The van der Waals surface area contributed by atoms with Crippen LogP contribution in [-0.2, 0) is 10.0 Å². The fourth-order valence-corrected chi connectivity index (χ4v) is 2.82. The molecule has 23 heavy (non-hydrogen) atoms. The number of nitrogens with zero attached hydrogens (tertiary/aromatic N) is 1. The Labute approximate surface area is 136 Å². The van der Waals surface area contributed by atoms with Crippen molar-refractivity contribution in [3.05, 3.63) is 63.7 Å². The molecule has 0 bridgehead atoms. The lowest BCUT2D eigenvalue weighted by Gasteiger charge is -2.09. The number of nitro benzene ring substituents is 1. The monoisotopic (exact) mass is 336 g/mol. The predicted molar refractivity (Wildman–Crippen MR) is 91.2 cm³/mol. The zero-order chi connectivity index (χ0) is 17.6. The second kappa shape index (κ2) is 7.73. The number of hydrogen-bond acceptors (Lipinski definition) is 4. The lowest BCUT2D eigenvalue weighted by Crippen LogP contribution is -2.13. The van der Waals surface area contributed by atoms with Crippen molar-refractivity contribution in [3.8, 4) is 0 Å². The highest BCUT2D eigenvalue weighted by atomic mass is 32.2. The van der Waals surface area contributed by atoms with Gasteiger partial charge in [-0.25, -0.2) is 8.42 Å². The SMILES string of the molecule is CC.Cc1ccc(NS(=O)(=O)c2ccc([N+](=O)[O-])cc2)cc1C. The molecule has 7 heteroatoms. The fraction of sp³-hybridized carbons (Fsp3) is 0.250. The topological polar surface area (TPSA) is 89.3 Å². The Morgan fingerprint density at radius 3 is 2.00 bits per heavy atom. The lowest BCUT2D eigenvalue weighted by atomic mass is 10.1. The molecule has 0 heterocycles. The van der Waals surface area contributed by atoms with Crippen LogP contribution in [0, 0.1) is 24.0 Å². The van der Waals surface area contributed by atoms with Crippen molar-refractivity contribution in [2.45, 2.75) is 32.6 Å². The Morgan fingerprint density at radius 2 is 1.52 bits per heavy atom. The molecular formula is C16H20N2O4S. The molecule has 2 aromatic rings. The second-order valence-electron chi connectivity index (χ2n) is 4.66. The first kappa shape index (κ1) is 18.6. The number of sulfonamides is 1. The van der Waals surface area contributed by atoms with Gasteiger partial charge in [-0.3, -0.25) is 14.8 Å². The summed E-state index contributed by atoms with van der Waals surface area (Å²) in [7, 11) is -3.76. The van der Waals surface area contributed by atoms with Gasteiger partial charge in [-0.1, -0.05) is 19.9 Å². The summed E-state index contributed by atoms with van der Waals surface area (Å²) in [5, 5.41) is 10.6. The summed E-state index contributed by atoms with van der Waals surface area (Å²) in [6.45, 7) is 7.82. The Hall–Kier alpha value is -2.41. The molecular weight excluding hydrogens is 316 g/mol. The number of rotatable bonds is 4. The highest BCUT2D eigenvalue weighted by Crippen LogP contribution is 2.20. The molecule has 0 radical (unpaired) electrons. The van der Waals surface area contributed by atoms with E-state index in [1.807, 2.05) is 33.8 Å². The summed E-state index contributed by atoms with van der Waals surface area (Å²) < 4.78 is 26.8. The van der Waals surface area contributed by atoms with E-state index in [1.54, 1.807) is 12.1 Å². The van der Waals surface area contributed by atoms with Gasteiger partial charge in [0.25, 0.3) is 15.7 Å². The minimum Gasteiger partial charge on any atom is -0.280 e. The first-order chi connectivity index (χ1) is 10.8. The van der Waals surface area contributed by atoms with Crippen molar-refractivity contribution >= 4 is 21.4 Å². The zero-order valence-corrected chi connectivity index (χ0v) is 14.3. The van der Waals surface area contributed by atoms with Crippen molar-refractivity contribution in [3.63, 3.8) is 0 Å². The molecule has 0 saturated carbocycles. The number of nitrogens with one attached hydrogen (secondary N) is 1. The van der Waals surface area contributed by atoms with Crippen LogP contribution >= 0.6 is 0 Å². The summed E-state index contributed by atoms with van der Waals surface area (Å²) in [5.74, 6) is 0. The largest absolute Gasteiger partial charge is 0.280 e. The second-order valence-corrected chi connectivity index (χ2v) is 6.34. The summed E-state index contributed by atoms with van der Waals surface area (Å²) in [6.07, 6.45) is 0. The molecule has 0 aromatic heterocycles. The number of non-ortho nitro benzene ring substituents is 1. The number of nitro groups is 1. The first-order valence-electron chi connectivity index (χ1n) is 7.14. The summed E-state index contributed by atoms with van der Waals surface area (Å²) in [5.41, 5.74) is 2.34. The minimum absolute atomic E-state index is 0.0219. The van der Waals surface area contributed by atoms with Crippen LogP contribution in [0.2, 0.25) is 0 Å². The quantitative estimate of drug-likeness (QED) is 0.674. The molecule has 1 N–H and O–H groups in total. The van der Waals surface area contributed by atoms with Crippen molar-refractivity contribution in [1.29, 1.82) is 0 Å². The molecule has 0 aliphatic rings. The van der Waals surface area contributed by atoms with E-state index in [4.69, 9.17) is 0 Å². The van der Waals surface area contributed by atoms with Crippen LogP contribution < -0.4 is 4.72 Å². The third kappa shape index (κ3) is 4.79. The summed E-state index contributed by atoms with van der Waals surface area (Å²) >= 11 is 0. The fourth-order valence-electron chi connectivity index (χ4n) is 1.77. The van der Waals surface area contributed by atoms with E-state index >= 15 is 0 Å². The van der Waals surface area contributed by atoms with Crippen LogP contribution in [0.5, 0.6) is 0 Å². The summed E-state index contributed by atoms with van der Waals surface area (Å²) in [6, 6.07) is 9.97. The van der Waals surface area contributed by atoms with E-state index < -0.39 is 14.9 Å². The van der Waals surface area contributed by atoms with Crippen LogP contribution in [0.25, 0.3) is 0 Å². The Balaban J connectivity index is 0.00000127. The van der Waals surface area contributed by atoms with E-state index in [0.29, 0.717) is 5.69 Å². The molecule has 0 saturated heterocycles. The van der Waals surface area contributed by atoms with Crippen molar-refractivity contribution in [1.82, 2.24) is 0 Å². The third-order valence-corrected chi connectivity index (χ3v) is 4.51. The average molecular weight is 336 g/mol. The Kier molecular flexibility index (Phi) is 6.27. The van der Waals surface area contributed by atoms with Crippen LogP contribution in [0.4, 0.5) is 11.4 Å². The number of anilines is 1. The number of benzene rings is 2. The molecule has 0 aliphatic carbocycles. The maximum Gasteiger partial charge on any atom is 0.269 e. The Bertz CT molecular complexity index is 784. The van der Waals surface area contributed by atoms with Crippen molar-refractivity contribution in [2.24, 2.45) is 0 Å². The molecule has 0 atom stereocenters. The van der Waals surface area contributed by atoms with Crippen LogP contribution in [0.1, 0.15) is 25.0 Å². The molecule has 2 rings (SSSR count). The van der Waals surface area contributed by atoms with E-state index in [0.717, 1.165) is 23.3 Å². The van der Waals surface area contributed by atoms with Gasteiger partial charge >= 0.3 is 0 Å². The van der Waals surface area contributed by atoms with Crippen molar-refractivity contribution < 1.29 is 13.3 Å². The molecule has 0 spiro atoms. The van der Waals surface area contributed by atoms with Crippen LogP contribution in [-0.4, -0.2) is 13.3 Å². The maximum atomic E-state index is 12.2. The van der Waals surface area contributed by atoms with E-state index in [1.165, 1.54) is 12.1 Å². The third-order valence-electron chi connectivity index (χ3n) is 3.12. The van der Waals surface area contributed by atoms with E-state index in [2.05, 4.69) is 4.72 Å². The smallest absolute Gasteiger partial charge is 0.269 e. The van der Waals surface area contributed by atoms with Gasteiger partial charge in [0, 0.05) is 17.8 Å². The number of aryl methyl sites for hydroxylation is 2. The van der Waals surface area contributed by atoms with Gasteiger partial charge < -0.3 is 0 Å². The highest BCUT2D eigenvalue weighted by molar-refractivity contribution is 7.92. The molecule has 2 aromatic carbocycles. The van der Waals surface area contributed by atoms with Crippen molar-refractivity contribution in [2.75, 3.05) is 4.72 Å². The average Bonchev–Trinajstić information content (AvgIpc) is 2.53. The normalized spacial score (nSPS) is 10.4. The maximum absolute atomic E-state index is 12.2. The van der Waals surface area contributed by atoms with E-state index in [-0.39, 0.29) is 10.6 Å². The van der Waals surface area contributed by atoms with Gasteiger partial charge in [-0.05, 0) is 49.2 Å². The Morgan fingerprint density at radius 1 is 0.957 bits per heavy atom. The van der Waals surface area contributed by atoms with Gasteiger partial charge in [0.05, 0.1) is 9.82 Å². The molecule has 0 fully saturated rings. The zero-order valence-electron chi connectivity index (χ0n) is 13.5. The van der Waals surface area contributed by atoms with Gasteiger partial charge in [0.2, 0.25) is 0 Å². The van der Waals surface area contributed by atoms with Gasteiger partial charge in [-0.15, -0.1) is 0 Å². The minimum atomic E-state index is -3.76. The summed E-state index contributed by atoms with van der Waals surface area (Å²) in [4.78, 5) is 9.96. The lowest BCUT2D eigenvalue weighted by molar-refractivity contribution is -0.384.